The fourth-order valence-electron chi connectivity index (χ4n) is 1.70. The van der Waals surface area contributed by atoms with E-state index in [9.17, 15) is 9.59 Å². The third-order valence-electron chi connectivity index (χ3n) is 2.61. The standard InChI is InChI=1S/C12H11NO3/c1-2-7-3-4-8-9(5-7)11(14)13-6-10(8)12(15)16/h3-6H,2H2,1H3,(H,13,14)(H,15,16). The smallest absolute Gasteiger partial charge is 0.337 e. The maximum absolute atomic E-state index is 11.6. The summed E-state index contributed by atoms with van der Waals surface area (Å²) in [6.45, 7) is 1.98. The third kappa shape index (κ3) is 1.58. The number of fused-ring (bicyclic) bond motifs is 1. The average molecular weight is 217 g/mol. The molecule has 4 heteroatoms. The number of carboxylic acids is 1. The summed E-state index contributed by atoms with van der Waals surface area (Å²) in [7, 11) is 0. The molecule has 16 heavy (non-hydrogen) atoms. The number of aromatic nitrogens is 1. The molecule has 1 aromatic heterocycles. The van der Waals surface area contributed by atoms with Crippen LogP contribution in [0.25, 0.3) is 10.8 Å². The van der Waals surface area contributed by atoms with E-state index in [1.54, 1.807) is 12.1 Å². The van der Waals surface area contributed by atoms with E-state index >= 15 is 0 Å². The van der Waals surface area contributed by atoms with Crippen molar-refractivity contribution in [3.8, 4) is 0 Å². The van der Waals surface area contributed by atoms with Crippen LogP contribution < -0.4 is 5.56 Å². The van der Waals surface area contributed by atoms with Crippen molar-refractivity contribution in [3.05, 3.63) is 45.9 Å². The molecule has 0 aliphatic carbocycles. The number of rotatable bonds is 2. The molecule has 1 aromatic carbocycles. The number of benzene rings is 1. The highest BCUT2D eigenvalue weighted by Gasteiger charge is 2.10. The summed E-state index contributed by atoms with van der Waals surface area (Å²) in [5, 5.41) is 9.89. The minimum Gasteiger partial charge on any atom is -0.478 e. The monoisotopic (exact) mass is 217 g/mol. The van der Waals surface area contributed by atoms with Gasteiger partial charge in [-0.1, -0.05) is 19.1 Å². The van der Waals surface area contributed by atoms with Gasteiger partial charge in [0.25, 0.3) is 5.56 Å². The average Bonchev–Trinajstić information content (AvgIpc) is 2.29. The quantitative estimate of drug-likeness (QED) is 0.805. The van der Waals surface area contributed by atoms with Gasteiger partial charge in [-0.3, -0.25) is 4.79 Å². The van der Waals surface area contributed by atoms with E-state index in [1.165, 1.54) is 6.20 Å². The molecule has 0 unspecified atom stereocenters. The van der Waals surface area contributed by atoms with Gasteiger partial charge < -0.3 is 10.1 Å². The highest BCUT2D eigenvalue weighted by Crippen LogP contribution is 2.16. The lowest BCUT2D eigenvalue weighted by Gasteiger charge is -2.03. The van der Waals surface area contributed by atoms with Crippen LogP contribution in [0.2, 0.25) is 0 Å². The molecule has 0 saturated carbocycles. The zero-order valence-electron chi connectivity index (χ0n) is 8.78. The molecule has 0 atom stereocenters. The predicted octanol–water partition coefficient (Wildman–Crippen LogP) is 1.79. The normalized spacial score (nSPS) is 10.6. The Balaban J connectivity index is 2.86. The molecule has 0 radical (unpaired) electrons. The maximum atomic E-state index is 11.6. The molecule has 82 valence electrons. The number of hydrogen-bond acceptors (Lipinski definition) is 2. The molecule has 0 amide bonds. The number of H-pyrrole nitrogens is 1. The number of aromatic amines is 1. The second-order valence-corrected chi connectivity index (χ2v) is 3.57. The molecule has 0 saturated heterocycles. The van der Waals surface area contributed by atoms with E-state index < -0.39 is 5.97 Å². The van der Waals surface area contributed by atoms with Crippen LogP contribution in [0.4, 0.5) is 0 Å². The molecule has 0 fully saturated rings. The Labute approximate surface area is 91.5 Å². The lowest BCUT2D eigenvalue weighted by molar-refractivity contribution is 0.0698. The van der Waals surface area contributed by atoms with Crippen molar-refractivity contribution in [3.63, 3.8) is 0 Å². The van der Waals surface area contributed by atoms with Crippen LogP contribution >= 0.6 is 0 Å². The molecule has 0 aliphatic heterocycles. The van der Waals surface area contributed by atoms with Crippen molar-refractivity contribution in [2.45, 2.75) is 13.3 Å². The summed E-state index contributed by atoms with van der Waals surface area (Å²) in [5.41, 5.74) is 0.882. The minimum atomic E-state index is -1.04. The van der Waals surface area contributed by atoms with E-state index in [1.807, 2.05) is 13.0 Å². The summed E-state index contributed by atoms with van der Waals surface area (Å²) < 4.78 is 0. The van der Waals surface area contributed by atoms with Crippen LogP contribution in [0.3, 0.4) is 0 Å². The minimum absolute atomic E-state index is 0.122. The lowest BCUT2D eigenvalue weighted by atomic mass is 10.0. The summed E-state index contributed by atoms with van der Waals surface area (Å²) in [6, 6.07) is 5.27. The van der Waals surface area contributed by atoms with E-state index in [4.69, 9.17) is 5.11 Å². The highest BCUT2D eigenvalue weighted by molar-refractivity contribution is 6.03. The van der Waals surface area contributed by atoms with Crippen molar-refractivity contribution in [1.29, 1.82) is 0 Å². The zero-order chi connectivity index (χ0) is 11.7. The second-order valence-electron chi connectivity index (χ2n) is 3.57. The zero-order valence-corrected chi connectivity index (χ0v) is 8.78. The topological polar surface area (TPSA) is 70.2 Å². The fraction of sp³-hybridized carbons (Fsp3) is 0.167. The Morgan fingerprint density at radius 2 is 2.12 bits per heavy atom. The van der Waals surface area contributed by atoms with E-state index in [2.05, 4.69) is 4.98 Å². The lowest BCUT2D eigenvalue weighted by Crippen LogP contribution is -2.10. The van der Waals surface area contributed by atoms with Gasteiger partial charge in [0.05, 0.1) is 5.56 Å². The van der Waals surface area contributed by atoms with Crippen molar-refractivity contribution >= 4 is 16.7 Å². The van der Waals surface area contributed by atoms with Gasteiger partial charge in [-0.15, -0.1) is 0 Å². The Morgan fingerprint density at radius 3 is 2.75 bits per heavy atom. The predicted molar refractivity (Wildman–Crippen MR) is 60.9 cm³/mol. The van der Waals surface area contributed by atoms with Crippen LogP contribution in [0, 0.1) is 0 Å². The Kier molecular flexibility index (Phi) is 2.48. The SMILES string of the molecule is CCc1ccc2c(C(=O)O)c[nH]c(=O)c2c1. The van der Waals surface area contributed by atoms with Crippen LogP contribution in [-0.4, -0.2) is 16.1 Å². The Hall–Kier alpha value is -2.10. The largest absolute Gasteiger partial charge is 0.478 e. The highest BCUT2D eigenvalue weighted by atomic mass is 16.4. The first-order chi connectivity index (χ1) is 7.63. The van der Waals surface area contributed by atoms with Gasteiger partial charge in [-0.2, -0.15) is 0 Å². The number of carboxylic acid groups (broad SMARTS) is 1. The van der Waals surface area contributed by atoms with Crippen LogP contribution in [0.1, 0.15) is 22.8 Å². The molecular weight excluding hydrogens is 206 g/mol. The van der Waals surface area contributed by atoms with Crippen molar-refractivity contribution in [2.24, 2.45) is 0 Å². The number of aryl methyl sites for hydroxylation is 1. The van der Waals surface area contributed by atoms with Crippen LogP contribution in [0.5, 0.6) is 0 Å². The molecule has 0 aliphatic rings. The molecule has 1 heterocycles. The molecule has 2 N–H and O–H groups in total. The van der Waals surface area contributed by atoms with Crippen molar-refractivity contribution < 1.29 is 9.90 Å². The molecule has 0 spiro atoms. The maximum Gasteiger partial charge on any atom is 0.337 e. The molecule has 4 nitrogen and oxygen atoms in total. The third-order valence-corrected chi connectivity index (χ3v) is 2.61. The molecular formula is C12H11NO3. The first kappa shape index (κ1) is 10.4. The van der Waals surface area contributed by atoms with E-state index in [0.717, 1.165) is 12.0 Å². The van der Waals surface area contributed by atoms with Gasteiger partial charge in [0.1, 0.15) is 0 Å². The first-order valence-electron chi connectivity index (χ1n) is 5.01. The van der Waals surface area contributed by atoms with E-state index in [0.29, 0.717) is 10.8 Å². The number of hydrogen-bond donors (Lipinski definition) is 2. The number of carbonyl (C=O) groups is 1. The summed E-state index contributed by atoms with van der Waals surface area (Å²) in [6.07, 6.45) is 2.05. The molecule has 0 bridgehead atoms. The number of aromatic carboxylic acids is 1. The van der Waals surface area contributed by atoms with E-state index in [-0.39, 0.29) is 11.1 Å². The number of pyridine rings is 1. The Bertz CT molecular complexity index is 613. The fourth-order valence-corrected chi connectivity index (χ4v) is 1.70. The molecule has 2 aromatic rings. The van der Waals surface area contributed by atoms with Gasteiger partial charge in [-0.05, 0) is 18.1 Å². The van der Waals surface area contributed by atoms with Gasteiger partial charge >= 0.3 is 5.97 Å². The van der Waals surface area contributed by atoms with Gasteiger partial charge in [0.2, 0.25) is 0 Å². The Morgan fingerprint density at radius 1 is 1.38 bits per heavy atom. The van der Waals surface area contributed by atoms with Gasteiger partial charge in [-0.25, -0.2) is 4.79 Å². The van der Waals surface area contributed by atoms with Crippen molar-refractivity contribution in [1.82, 2.24) is 4.98 Å². The second kappa shape index (κ2) is 3.81. The molecule has 2 rings (SSSR count). The summed E-state index contributed by atoms with van der Waals surface area (Å²) in [5.74, 6) is -1.04. The summed E-state index contributed by atoms with van der Waals surface area (Å²) >= 11 is 0. The first-order valence-corrected chi connectivity index (χ1v) is 5.01. The van der Waals surface area contributed by atoms with Crippen LogP contribution in [-0.2, 0) is 6.42 Å². The van der Waals surface area contributed by atoms with Gasteiger partial charge in [0, 0.05) is 17.0 Å². The number of nitrogens with one attached hydrogen (secondary N) is 1. The summed E-state index contributed by atoms with van der Waals surface area (Å²) in [4.78, 5) is 25.0. The van der Waals surface area contributed by atoms with Crippen LogP contribution in [0.15, 0.2) is 29.2 Å². The van der Waals surface area contributed by atoms with Gasteiger partial charge in [0.15, 0.2) is 0 Å². The van der Waals surface area contributed by atoms with Crippen molar-refractivity contribution in [2.75, 3.05) is 0 Å².